The molecule has 0 saturated carbocycles. The molecule has 0 bridgehead atoms. The minimum Gasteiger partial charge on any atom is -0.399 e. The summed E-state index contributed by atoms with van der Waals surface area (Å²) in [7, 11) is 0. The van der Waals surface area contributed by atoms with Gasteiger partial charge in [0.2, 0.25) is 0 Å². The molecule has 1 aromatic carbocycles. The largest absolute Gasteiger partial charge is 0.399 e. The van der Waals surface area contributed by atoms with Gasteiger partial charge in [-0.25, -0.2) is 0 Å². The first-order valence-electron chi connectivity index (χ1n) is 3.85. The monoisotopic (exact) mass is 147 g/mol. The van der Waals surface area contributed by atoms with Gasteiger partial charge in [0.1, 0.15) is 0 Å². The number of allylic oxidation sites excluding steroid dienone is 1. The Morgan fingerprint density at radius 1 is 1.45 bits per heavy atom. The Labute approximate surface area is 67.5 Å². The topological polar surface area (TPSA) is 26.0 Å². The van der Waals surface area contributed by atoms with E-state index in [9.17, 15) is 0 Å². The minimum atomic E-state index is 0.822. The Balaban J connectivity index is 2.79. The maximum absolute atomic E-state index is 5.60. The van der Waals surface area contributed by atoms with E-state index in [0.717, 1.165) is 12.1 Å². The first-order chi connectivity index (χ1) is 5.33. The Hall–Kier alpha value is -1.24. The van der Waals surface area contributed by atoms with Crippen molar-refractivity contribution in [2.45, 2.75) is 13.3 Å². The molecule has 0 aliphatic carbocycles. The van der Waals surface area contributed by atoms with Crippen molar-refractivity contribution >= 4 is 11.8 Å². The van der Waals surface area contributed by atoms with Crippen LogP contribution >= 0.6 is 0 Å². The van der Waals surface area contributed by atoms with Gasteiger partial charge in [0.05, 0.1) is 0 Å². The highest BCUT2D eigenvalue weighted by atomic mass is 14.5. The van der Waals surface area contributed by atoms with Gasteiger partial charge >= 0.3 is 0 Å². The van der Waals surface area contributed by atoms with E-state index in [1.807, 2.05) is 24.3 Å². The molecule has 1 heteroatoms. The Kier molecular flexibility index (Phi) is 2.73. The van der Waals surface area contributed by atoms with Crippen LogP contribution in [0.5, 0.6) is 0 Å². The highest BCUT2D eigenvalue weighted by molar-refractivity contribution is 5.55. The van der Waals surface area contributed by atoms with Crippen LogP contribution in [0, 0.1) is 0 Å². The van der Waals surface area contributed by atoms with Crippen molar-refractivity contribution in [2.24, 2.45) is 0 Å². The zero-order valence-corrected chi connectivity index (χ0v) is 6.75. The molecule has 0 amide bonds. The van der Waals surface area contributed by atoms with Crippen molar-refractivity contribution in [3.8, 4) is 0 Å². The summed E-state index contributed by atoms with van der Waals surface area (Å²) in [4.78, 5) is 0. The molecule has 0 heterocycles. The van der Waals surface area contributed by atoms with Gasteiger partial charge in [0.25, 0.3) is 0 Å². The number of anilines is 1. The van der Waals surface area contributed by atoms with E-state index in [0.29, 0.717) is 0 Å². The molecule has 0 fully saturated rings. The van der Waals surface area contributed by atoms with Gasteiger partial charge in [-0.1, -0.05) is 31.2 Å². The van der Waals surface area contributed by atoms with Crippen LogP contribution in [0.25, 0.3) is 6.08 Å². The number of benzene rings is 1. The second-order valence-corrected chi connectivity index (χ2v) is 2.48. The van der Waals surface area contributed by atoms with E-state index in [4.69, 9.17) is 5.73 Å². The normalized spacial score (nSPS) is 10.6. The molecule has 0 aliphatic heterocycles. The van der Waals surface area contributed by atoms with Gasteiger partial charge in [-0.2, -0.15) is 0 Å². The third kappa shape index (κ3) is 2.46. The standard InChI is InChI=1S/C10H13N/c1-2-3-5-9-6-4-7-10(11)8-9/h3-8H,2,11H2,1H3. The lowest BCUT2D eigenvalue weighted by Gasteiger charge is -1.94. The van der Waals surface area contributed by atoms with Crippen molar-refractivity contribution in [1.82, 2.24) is 0 Å². The lowest BCUT2D eigenvalue weighted by Crippen LogP contribution is -1.83. The van der Waals surface area contributed by atoms with Crippen LogP contribution < -0.4 is 5.73 Å². The van der Waals surface area contributed by atoms with Gasteiger partial charge in [0, 0.05) is 5.69 Å². The number of hydrogen-bond acceptors (Lipinski definition) is 1. The summed E-state index contributed by atoms with van der Waals surface area (Å²) in [6, 6.07) is 7.86. The molecule has 0 aromatic heterocycles. The van der Waals surface area contributed by atoms with Crippen molar-refractivity contribution < 1.29 is 0 Å². The molecular weight excluding hydrogens is 134 g/mol. The van der Waals surface area contributed by atoms with Crippen LogP contribution in [0.4, 0.5) is 5.69 Å². The first kappa shape index (κ1) is 7.86. The van der Waals surface area contributed by atoms with Gasteiger partial charge < -0.3 is 5.73 Å². The van der Waals surface area contributed by atoms with Crippen molar-refractivity contribution in [1.29, 1.82) is 0 Å². The molecule has 1 aromatic rings. The molecule has 0 unspecified atom stereocenters. The smallest absolute Gasteiger partial charge is 0.0319 e. The second-order valence-electron chi connectivity index (χ2n) is 2.48. The summed E-state index contributed by atoms with van der Waals surface area (Å²) < 4.78 is 0. The lowest BCUT2D eigenvalue weighted by molar-refractivity contribution is 1.23. The minimum absolute atomic E-state index is 0.822. The Bertz CT molecular complexity index is 251. The fourth-order valence-corrected chi connectivity index (χ4v) is 0.917. The molecule has 0 atom stereocenters. The van der Waals surface area contributed by atoms with Crippen LogP contribution in [0.3, 0.4) is 0 Å². The van der Waals surface area contributed by atoms with E-state index >= 15 is 0 Å². The quantitative estimate of drug-likeness (QED) is 0.639. The van der Waals surface area contributed by atoms with Crippen molar-refractivity contribution in [3.63, 3.8) is 0 Å². The molecule has 1 nitrogen and oxygen atoms in total. The Morgan fingerprint density at radius 2 is 2.27 bits per heavy atom. The third-order valence-corrected chi connectivity index (χ3v) is 1.46. The van der Waals surface area contributed by atoms with E-state index in [1.54, 1.807) is 0 Å². The summed E-state index contributed by atoms with van der Waals surface area (Å²) in [5, 5.41) is 0. The number of nitrogens with two attached hydrogens (primary N) is 1. The molecule has 1 rings (SSSR count). The molecule has 0 radical (unpaired) electrons. The molecule has 0 aliphatic rings. The fourth-order valence-electron chi connectivity index (χ4n) is 0.917. The van der Waals surface area contributed by atoms with Crippen LogP contribution in [0.15, 0.2) is 30.3 Å². The summed E-state index contributed by atoms with van der Waals surface area (Å²) >= 11 is 0. The molecule has 0 spiro atoms. The summed E-state index contributed by atoms with van der Waals surface area (Å²) in [5.74, 6) is 0. The lowest BCUT2D eigenvalue weighted by atomic mass is 10.2. The SMILES string of the molecule is CCC=Cc1cccc(N)c1. The predicted octanol–water partition coefficient (Wildman–Crippen LogP) is 2.69. The third-order valence-electron chi connectivity index (χ3n) is 1.46. The van der Waals surface area contributed by atoms with Crippen LogP contribution in [-0.4, -0.2) is 0 Å². The first-order valence-corrected chi connectivity index (χ1v) is 3.85. The average Bonchev–Trinajstić information content (AvgIpc) is 2.01. The average molecular weight is 147 g/mol. The highest BCUT2D eigenvalue weighted by Gasteiger charge is 1.85. The van der Waals surface area contributed by atoms with Crippen LogP contribution in [0.2, 0.25) is 0 Å². The van der Waals surface area contributed by atoms with Gasteiger partial charge in [0.15, 0.2) is 0 Å². The summed E-state index contributed by atoms with van der Waals surface area (Å²) in [5.41, 5.74) is 7.59. The molecular formula is C10H13N. The molecule has 11 heavy (non-hydrogen) atoms. The van der Waals surface area contributed by atoms with Crippen molar-refractivity contribution in [2.75, 3.05) is 5.73 Å². The molecule has 2 N–H and O–H groups in total. The zero-order valence-electron chi connectivity index (χ0n) is 6.75. The maximum Gasteiger partial charge on any atom is 0.0319 e. The summed E-state index contributed by atoms with van der Waals surface area (Å²) in [6.07, 6.45) is 5.26. The summed E-state index contributed by atoms with van der Waals surface area (Å²) in [6.45, 7) is 2.11. The molecule has 0 saturated heterocycles. The van der Waals surface area contributed by atoms with Gasteiger partial charge in [-0.3, -0.25) is 0 Å². The number of nitrogen functional groups attached to an aromatic ring is 1. The maximum atomic E-state index is 5.60. The Morgan fingerprint density at radius 3 is 2.91 bits per heavy atom. The number of hydrogen-bond donors (Lipinski definition) is 1. The highest BCUT2D eigenvalue weighted by Crippen LogP contribution is 2.08. The van der Waals surface area contributed by atoms with E-state index in [1.165, 1.54) is 5.56 Å². The second kappa shape index (κ2) is 3.81. The number of rotatable bonds is 2. The van der Waals surface area contributed by atoms with Gasteiger partial charge in [-0.15, -0.1) is 0 Å². The fraction of sp³-hybridized carbons (Fsp3) is 0.200. The van der Waals surface area contributed by atoms with E-state index in [2.05, 4.69) is 19.1 Å². The van der Waals surface area contributed by atoms with Gasteiger partial charge in [-0.05, 0) is 24.1 Å². The van der Waals surface area contributed by atoms with E-state index < -0.39 is 0 Å². The predicted molar refractivity (Wildman–Crippen MR) is 50.2 cm³/mol. The molecule has 58 valence electrons. The van der Waals surface area contributed by atoms with Crippen LogP contribution in [0.1, 0.15) is 18.9 Å². The zero-order chi connectivity index (χ0) is 8.10. The van der Waals surface area contributed by atoms with Crippen molar-refractivity contribution in [3.05, 3.63) is 35.9 Å². The van der Waals surface area contributed by atoms with Crippen LogP contribution in [-0.2, 0) is 0 Å². The van der Waals surface area contributed by atoms with E-state index in [-0.39, 0.29) is 0 Å².